The van der Waals surface area contributed by atoms with Crippen molar-refractivity contribution in [2.75, 3.05) is 13.2 Å². The Kier molecular flexibility index (Phi) is 5.89. The minimum atomic E-state index is 0.0182. The minimum absolute atomic E-state index is 0.0182. The van der Waals surface area contributed by atoms with Crippen molar-refractivity contribution < 1.29 is 9.53 Å². The molecule has 4 rings (SSSR count). The van der Waals surface area contributed by atoms with E-state index in [2.05, 4.69) is 15.2 Å². The number of benzene rings is 1. The second-order valence-corrected chi connectivity index (χ2v) is 7.29. The zero-order valence-electron chi connectivity index (χ0n) is 16.7. The molecule has 1 atom stereocenters. The van der Waals surface area contributed by atoms with Crippen LogP contribution in [0.5, 0.6) is 5.75 Å². The van der Waals surface area contributed by atoms with Crippen LogP contribution < -0.4 is 4.74 Å². The summed E-state index contributed by atoms with van der Waals surface area (Å²) in [6.07, 6.45) is 8.87. The van der Waals surface area contributed by atoms with E-state index in [1.807, 2.05) is 54.4 Å². The first kappa shape index (κ1) is 19.2. The predicted molar refractivity (Wildman–Crippen MR) is 111 cm³/mol. The number of aromatic nitrogens is 3. The van der Waals surface area contributed by atoms with Gasteiger partial charge < -0.3 is 9.64 Å². The van der Waals surface area contributed by atoms with Gasteiger partial charge in [-0.1, -0.05) is 12.1 Å². The van der Waals surface area contributed by atoms with Crippen LogP contribution in [0.3, 0.4) is 0 Å². The van der Waals surface area contributed by atoms with E-state index in [9.17, 15) is 4.79 Å². The Hall–Kier alpha value is -3.15. The monoisotopic (exact) mass is 390 g/mol. The Morgan fingerprint density at radius 1 is 1.17 bits per heavy atom. The molecule has 6 heteroatoms. The third kappa shape index (κ3) is 4.31. The van der Waals surface area contributed by atoms with Crippen molar-refractivity contribution in [1.82, 2.24) is 20.1 Å². The Labute approximate surface area is 170 Å². The third-order valence-electron chi connectivity index (χ3n) is 5.41. The molecule has 1 aliphatic rings. The molecule has 150 valence electrons. The van der Waals surface area contributed by atoms with Crippen molar-refractivity contribution in [3.8, 4) is 16.9 Å². The molecule has 0 spiro atoms. The first-order valence-corrected chi connectivity index (χ1v) is 10.2. The maximum Gasteiger partial charge on any atom is 0.227 e. The summed E-state index contributed by atoms with van der Waals surface area (Å²) >= 11 is 0. The quantitative estimate of drug-likeness (QED) is 0.686. The van der Waals surface area contributed by atoms with Crippen molar-refractivity contribution >= 4 is 5.91 Å². The average Bonchev–Trinajstić information content (AvgIpc) is 3.26. The van der Waals surface area contributed by atoms with Crippen LogP contribution in [0.4, 0.5) is 0 Å². The fourth-order valence-electron chi connectivity index (χ4n) is 3.99. The van der Waals surface area contributed by atoms with Crippen molar-refractivity contribution in [2.45, 2.75) is 38.6 Å². The molecular formula is C23H26N4O2. The summed E-state index contributed by atoms with van der Waals surface area (Å²) in [5, 5.41) is 7.44. The average molecular weight is 390 g/mol. The zero-order chi connectivity index (χ0) is 20.1. The standard InChI is InChI=1S/C23H26N4O2/c1-2-29-19-8-6-17(7-9-19)15-22(28)27-14-4-3-5-21(27)23-20(16-25-26-23)18-10-12-24-13-11-18/h6-13,16,21H,2-5,14-15H2,1H3,(H,25,26)/t21-/m0/s1. The molecule has 1 saturated heterocycles. The van der Waals surface area contributed by atoms with E-state index in [1.54, 1.807) is 12.4 Å². The van der Waals surface area contributed by atoms with Gasteiger partial charge >= 0.3 is 0 Å². The van der Waals surface area contributed by atoms with Crippen LogP contribution in [-0.2, 0) is 11.2 Å². The molecule has 0 aliphatic carbocycles. The molecule has 1 aromatic carbocycles. The van der Waals surface area contributed by atoms with E-state index in [0.29, 0.717) is 13.0 Å². The summed E-state index contributed by atoms with van der Waals surface area (Å²) < 4.78 is 5.49. The molecule has 0 saturated carbocycles. The van der Waals surface area contributed by atoms with Gasteiger partial charge in [0.1, 0.15) is 5.75 Å². The van der Waals surface area contributed by atoms with E-state index in [0.717, 1.165) is 53.9 Å². The minimum Gasteiger partial charge on any atom is -0.494 e. The number of hydrogen-bond acceptors (Lipinski definition) is 4. The summed E-state index contributed by atoms with van der Waals surface area (Å²) in [4.78, 5) is 19.3. The van der Waals surface area contributed by atoms with Gasteiger partial charge in [0.15, 0.2) is 0 Å². The number of aromatic amines is 1. The number of carbonyl (C=O) groups excluding carboxylic acids is 1. The molecular weight excluding hydrogens is 364 g/mol. The summed E-state index contributed by atoms with van der Waals surface area (Å²) in [6.45, 7) is 3.37. The van der Waals surface area contributed by atoms with E-state index >= 15 is 0 Å². The van der Waals surface area contributed by atoms with Gasteiger partial charge in [-0.3, -0.25) is 14.9 Å². The van der Waals surface area contributed by atoms with Gasteiger partial charge in [0.05, 0.1) is 31.0 Å². The number of carbonyl (C=O) groups is 1. The van der Waals surface area contributed by atoms with Gasteiger partial charge in [0, 0.05) is 24.5 Å². The van der Waals surface area contributed by atoms with Crippen LogP contribution in [0.1, 0.15) is 43.5 Å². The Morgan fingerprint density at radius 2 is 1.97 bits per heavy atom. The predicted octanol–water partition coefficient (Wildman–Crippen LogP) is 4.17. The lowest BCUT2D eigenvalue weighted by Gasteiger charge is -2.36. The highest BCUT2D eigenvalue weighted by molar-refractivity contribution is 5.80. The van der Waals surface area contributed by atoms with Crippen LogP contribution in [0, 0.1) is 0 Å². The highest BCUT2D eigenvalue weighted by atomic mass is 16.5. The maximum absolute atomic E-state index is 13.2. The lowest BCUT2D eigenvalue weighted by atomic mass is 9.94. The Morgan fingerprint density at radius 3 is 2.72 bits per heavy atom. The van der Waals surface area contributed by atoms with Crippen LogP contribution in [0.2, 0.25) is 0 Å². The normalized spacial score (nSPS) is 16.6. The molecule has 1 amide bonds. The molecule has 0 unspecified atom stereocenters. The van der Waals surface area contributed by atoms with Gasteiger partial charge in [0.25, 0.3) is 0 Å². The van der Waals surface area contributed by atoms with Crippen LogP contribution in [0.25, 0.3) is 11.1 Å². The fourth-order valence-corrected chi connectivity index (χ4v) is 3.99. The highest BCUT2D eigenvalue weighted by Crippen LogP contribution is 2.35. The van der Waals surface area contributed by atoms with E-state index in [4.69, 9.17) is 4.74 Å². The van der Waals surface area contributed by atoms with Crippen molar-refractivity contribution in [2.24, 2.45) is 0 Å². The Balaban J connectivity index is 1.54. The van der Waals surface area contributed by atoms with Gasteiger partial charge in [-0.15, -0.1) is 0 Å². The number of rotatable bonds is 6. The number of amides is 1. The number of hydrogen-bond donors (Lipinski definition) is 1. The summed E-state index contributed by atoms with van der Waals surface area (Å²) in [5.41, 5.74) is 4.11. The number of ether oxygens (including phenoxy) is 1. The fraction of sp³-hybridized carbons (Fsp3) is 0.348. The van der Waals surface area contributed by atoms with Crippen LogP contribution in [0.15, 0.2) is 55.0 Å². The number of H-pyrrole nitrogens is 1. The lowest BCUT2D eigenvalue weighted by molar-refractivity contribution is -0.134. The van der Waals surface area contributed by atoms with Crippen molar-refractivity contribution in [3.63, 3.8) is 0 Å². The first-order valence-electron chi connectivity index (χ1n) is 10.2. The molecule has 1 fully saturated rings. The number of likely N-dealkylation sites (tertiary alicyclic amines) is 1. The number of nitrogens with one attached hydrogen (secondary N) is 1. The Bertz CT molecular complexity index is 937. The smallest absolute Gasteiger partial charge is 0.227 e. The summed E-state index contributed by atoms with van der Waals surface area (Å²) in [7, 11) is 0. The lowest BCUT2D eigenvalue weighted by Crippen LogP contribution is -2.39. The summed E-state index contributed by atoms with van der Waals surface area (Å²) in [5.74, 6) is 0.980. The molecule has 29 heavy (non-hydrogen) atoms. The summed E-state index contributed by atoms with van der Waals surface area (Å²) in [6, 6.07) is 11.8. The molecule has 3 aromatic rings. The number of piperidine rings is 1. The molecule has 2 aromatic heterocycles. The third-order valence-corrected chi connectivity index (χ3v) is 5.41. The van der Waals surface area contributed by atoms with E-state index < -0.39 is 0 Å². The van der Waals surface area contributed by atoms with Crippen LogP contribution in [-0.4, -0.2) is 39.1 Å². The van der Waals surface area contributed by atoms with Crippen LogP contribution >= 0.6 is 0 Å². The van der Waals surface area contributed by atoms with E-state index in [1.165, 1.54) is 0 Å². The van der Waals surface area contributed by atoms with Crippen molar-refractivity contribution in [3.05, 3.63) is 66.2 Å². The topological polar surface area (TPSA) is 71.1 Å². The molecule has 3 heterocycles. The first-order chi connectivity index (χ1) is 14.3. The molecule has 6 nitrogen and oxygen atoms in total. The molecule has 1 aliphatic heterocycles. The molecule has 1 N–H and O–H groups in total. The van der Waals surface area contributed by atoms with Gasteiger partial charge in [0.2, 0.25) is 5.91 Å². The molecule has 0 bridgehead atoms. The largest absolute Gasteiger partial charge is 0.494 e. The maximum atomic E-state index is 13.2. The molecule has 0 radical (unpaired) electrons. The van der Waals surface area contributed by atoms with Gasteiger partial charge in [-0.05, 0) is 61.6 Å². The van der Waals surface area contributed by atoms with E-state index in [-0.39, 0.29) is 11.9 Å². The number of nitrogens with zero attached hydrogens (tertiary/aromatic N) is 3. The zero-order valence-corrected chi connectivity index (χ0v) is 16.7. The highest BCUT2D eigenvalue weighted by Gasteiger charge is 2.30. The van der Waals surface area contributed by atoms with Gasteiger partial charge in [-0.2, -0.15) is 5.10 Å². The van der Waals surface area contributed by atoms with Gasteiger partial charge in [-0.25, -0.2) is 0 Å². The second-order valence-electron chi connectivity index (χ2n) is 7.29. The SMILES string of the molecule is CCOc1ccc(CC(=O)N2CCCC[C@H]2c2[nH]ncc2-c2ccncc2)cc1. The number of pyridine rings is 1. The van der Waals surface area contributed by atoms with Crippen molar-refractivity contribution in [1.29, 1.82) is 0 Å². The second kappa shape index (κ2) is 8.90.